The second-order valence-electron chi connectivity index (χ2n) is 9.91. The normalized spacial score (nSPS) is 17.2. The van der Waals surface area contributed by atoms with E-state index in [0.717, 1.165) is 28.6 Å². The van der Waals surface area contributed by atoms with Gasteiger partial charge in [-0.2, -0.15) is 0 Å². The molecule has 6 N–H and O–H groups in total. The molecular formula is C28H30F2N6O4. The first-order valence-electron chi connectivity index (χ1n) is 12.6. The average molecular weight is 553 g/mol. The van der Waals surface area contributed by atoms with E-state index < -0.39 is 53.5 Å². The first-order chi connectivity index (χ1) is 19.0. The number of aromatic nitrogens is 1. The number of anilines is 1. The molecule has 2 aromatic carbocycles. The van der Waals surface area contributed by atoms with Gasteiger partial charge in [-0.1, -0.05) is 23.8 Å². The van der Waals surface area contributed by atoms with Crippen molar-refractivity contribution in [3.05, 3.63) is 77.5 Å². The maximum atomic E-state index is 14.0. The highest BCUT2D eigenvalue weighted by molar-refractivity contribution is 5.96. The molecule has 1 aliphatic heterocycles. The van der Waals surface area contributed by atoms with Crippen LogP contribution in [0.15, 0.2) is 60.3 Å². The van der Waals surface area contributed by atoms with Crippen molar-refractivity contribution >= 4 is 40.3 Å². The molecule has 0 bridgehead atoms. The number of carbonyl (C=O) groups excluding carboxylic acids is 4. The average Bonchev–Trinajstić information content (AvgIpc) is 3.49. The standard InChI is InChI=1S/C28H30F2N6O4/c1-15(2)9-25(37)36-14-18(33-28(40)35-22-8-7-17(29)11-20(22)30)12-24(36)27(39)34-23(26(31)38)10-16-13-32-21-6-4-3-5-19(16)21/h3-9,11,13,18,23-24,32H,10,12,14H2,1-2H3,(H2,31,38)(H,34,39)(H2,33,35,40). The van der Waals surface area contributed by atoms with Gasteiger partial charge in [0.15, 0.2) is 0 Å². The van der Waals surface area contributed by atoms with Gasteiger partial charge in [-0.15, -0.1) is 0 Å². The van der Waals surface area contributed by atoms with Crippen LogP contribution in [0, 0.1) is 11.6 Å². The second-order valence-corrected chi connectivity index (χ2v) is 9.91. The largest absolute Gasteiger partial charge is 0.368 e. The SMILES string of the molecule is CC(C)=CC(=O)N1CC(NC(=O)Nc2ccc(F)cc2F)CC1C(=O)NC(Cc1c[nH]c2ccccc12)C(N)=O. The molecule has 210 valence electrons. The number of halogens is 2. The number of amides is 5. The minimum absolute atomic E-state index is 0.0102. The molecule has 0 saturated carbocycles. The smallest absolute Gasteiger partial charge is 0.319 e. The molecule has 3 unspecified atom stereocenters. The van der Waals surface area contributed by atoms with Crippen LogP contribution in [0.5, 0.6) is 0 Å². The van der Waals surface area contributed by atoms with E-state index in [1.807, 2.05) is 24.3 Å². The van der Waals surface area contributed by atoms with E-state index in [1.165, 1.54) is 11.0 Å². The second kappa shape index (κ2) is 12.0. The fourth-order valence-corrected chi connectivity index (χ4v) is 4.71. The molecule has 2 heterocycles. The summed E-state index contributed by atoms with van der Waals surface area (Å²) in [5.74, 6) is -3.53. The number of primary amides is 1. The maximum absolute atomic E-state index is 14.0. The van der Waals surface area contributed by atoms with Gasteiger partial charge in [-0.25, -0.2) is 13.6 Å². The quantitative estimate of drug-likeness (QED) is 0.273. The molecule has 4 rings (SSSR count). The lowest BCUT2D eigenvalue weighted by atomic mass is 10.0. The van der Waals surface area contributed by atoms with E-state index in [-0.39, 0.29) is 25.1 Å². The minimum Gasteiger partial charge on any atom is -0.368 e. The molecule has 0 spiro atoms. The summed E-state index contributed by atoms with van der Waals surface area (Å²) in [6.07, 6.45) is 3.28. The van der Waals surface area contributed by atoms with E-state index in [1.54, 1.807) is 20.0 Å². The van der Waals surface area contributed by atoms with Gasteiger partial charge >= 0.3 is 6.03 Å². The number of rotatable bonds is 8. The topological polar surface area (TPSA) is 149 Å². The Morgan fingerprint density at radius 3 is 2.60 bits per heavy atom. The lowest BCUT2D eigenvalue weighted by molar-refractivity contribution is -0.136. The fourth-order valence-electron chi connectivity index (χ4n) is 4.71. The summed E-state index contributed by atoms with van der Waals surface area (Å²) in [5, 5.41) is 8.48. The summed E-state index contributed by atoms with van der Waals surface area (Å²) in [7, 11) is 0. The molecule has 3 atom stereocenters. The maximum Gasteiger partial charge on any atom is 0.319 e. The monoisotopic (exact) mass is 552 g/mol. The number of nitrogens with two attached hydrogens (primary N) is 1. The number of likely N-dealkylation sites (tertiary alicyclic amines) is 1. The van der Waals surface area contributed by atoms with Crippen LogP contribution in [0.3, 0.4) is 0 Å². The summed E-state index contributed by atoms with van der Waals surface area (Å²) >= 11 is 0. The van der Waals surface area contributed by atoms with Gasteiger partial charge in [-0.05, 0) is 44.0 Å². The molecule has 3 aromatic rings. The van der Waals surface area contributed by atoms with Crippen LogP contribution in [0.25, 0.3) is 10.9 Å². The third-order valence-corrected chi connectivity index (χ3v) is 6.57. The number of hydrogen-bond donors (Lipinski definition) is 5. The number of H-pyrrole nitrogens is 1. The molecule has 10 nitrogen and oxygen atoms in total. The lowest BCUT2D eigenvalue weighted by Gasteiger charge is -2.25. The summed E-state index contributed by atoms with van der Waals surface area (Å²) < 4.78 is 27.1. The highest BCUT2D eigenvalue weighted by Gasteiger charge is 2.40. The van der Waals surface area contributed by atoms with E-state index in [0.29, 0.717) is 11.6 Å². The Morgan fingerprint density at radius 2 is 1.90 bits per heavy atom. The minimum atomic E-state index is -1.05. The predicted molar refractivity (Wildman–Crippen MR) is 145 cm³/mol. The molecule has 1 aliphatic rings. The van der Waals surface area contributed by atoms with Crippen molar-refractivity contribution in [3.63, 3.8) is 0 Å². The van der Waals surface area contributed by atoms with E-state index in [9.17, 15) is 28.0 Å². The number of hydrogen-bond acceptors (Lipinski definition) is 4. The van der Waals surface area contributed by atoms with Crippen molar-refractivity contribution in [1.82, 2.24) is 20.5 Å². The molecule has 40 heavy (non-hydrogen) atoms. The zero-order chi connectivity index (χ0) is 29.0. The number of nitrogens with one attached hydrogen (secondary N) is 4. The summed E-state index contributed by atoms with van der Waals surface area (Å²) in [5.41, 5.74) is 7.75. The van der Waals surface area contributed by atoms with E-state index >= 15 is 0 Å². The summed E-state index contributed by atoms with van der Waals surface area (Å²) in [4.78, 5) is 55.6. The van der Waals surface area contributed by atoms with Gasteiger partial charge in [0.1, 0.15) is 23.7 Å². The Bertz CT molecular complexity index is 1480. The number of para-hydroxylation sites is 1. The van der Waals surface area contributed by atoms with Gasteiger partial charge in [0.2, 0.25) is 17.7 Å². The highest BCUT2D eigenvalue weighted by Crippen LogP contribution is 2.22. The van der Waals surface area contributed by atoms with Crippen LogP contribution in [0.2, 0.25) is 0 Å². The van der Waals surface area contributed by atoms with Crippen LogP contribution in [-0.4, -0.2) is 58.3 Å². The predicted octanol–water partition coefficient (Wildman–Crippen LogP) is 2.72. The Morgan fingerprint density at radius 1 is 1.15 bits per heavy atom. The highest BCUT2D eigenvalue weighted by atomic mass is 19.1. The molecular weight excluding hydrogens is 522 g/mol. The summed E-state index contributed by atoms with van der Waals surface area (Å²) in [6, 6.07) is 6.69. The molecule has 12 heteroatoms. The first kappa shape index (κ1) is 28.3. The van der Waals surface area contributed by atoms with Crippen LogP contribution >= 0.6 is 0 Å². The number of allylic oxidation sites excluding steroid dienone is 1. The van der Waals surface area contributed by atoms with Gasteiger partial charge in [-0.3, -0.25) is 14.4 Å². The van der Waals surface area contributed by atoms with Gasteiger partial charge in [0.05, 0.1) is 11.7 Å². The Hall–Kier alpha value is -4.74. The number of fused-ring (bicyclic) bond motifs is 1. The van der Waals surface area contributed by atoms with Crippen molar-refractivity contribution in [3.8, 4) is 0 Å². The third-order valence-electron chi connectivity index (χ3n) is 6.57. The van der Waals surface area contributed by atoms with Crippen LogP contribution in [0.1, 0.15) is 25.8 Å². The van der Waals surface area contributed by atoms with Crippen molar-refractivity contribution < 1.29 is 28.0 Å². The van der Waals surface area contributed by atoms with E-state index in [2.05, 4.69) is 20.9 Å². The molecule has 1 saturated heterocycles. The number of urea groups is 1. The molecule has 5 amide bonds. The molecule has 0 aliphatic carbocycles. The van der Waals surface area contributed by atoms with Crippen LogP contribution in [-0.2, 0) is 20.8 Å². The number of carbonyl (C=O) groups is 4. The summed E-state index contributed by atoms with van der Waals surface area (Å²) in [6.45, 7) is 3.45. The van der Waals surface area contributed by atoms with Crippen molar-refractivity contribution in [2.75, 3.05) is 11.9 Å². The van der Waals surface area contributed by atoms with E-state index in [4.69, 9.17) is 5.73 Å². The molecule has 1 fully saturated rings. The van der Waals surface area contributed by atoms with Crippen LogP contribution < -0.4 is 21.7 Å². The van der Waals surface area contributed by atoms with Crippen molar-refractivity contribution in [2.45, 2.75) is 44.8 Å². The van der Waals surface area contributed by atoms with Gasteiger partial charge in [0, 0.05) is 42.2 Å². The number of aromatic amines is 1. The zero-order valence-electron chi connectivity index (χ0n) is 22.0. The van der Waals surface area contributed by atoms with Gasteiger partial charge in [0.25, 0.3) is 0 Å². The Balaban J connectivity index is 1.48. The third kappa shape index (κ3) is 6.63. The Kier molecular flexibility index (Phi) is 8.46. The van der Waals surface area contributed by atoms with Crippen molar-refractivity contribution in [2.24, 2.45) is 5.73 Å². The van der Waals surface area contributed by atoms with Crippen LogP contribution in [0.4, 0.5) is 19.3 Å². The van der Waals surface area contributed by atoms with Gasteiger partial charge < -0.3 is 31.6 Å². The first-order valence-corrected chi connectivity index (χ1v) is 12.6. The number of benzene rings is 2. The van der Waals surface area contributed by atoms with Crippen molar-refractivity contribution in [1.29, 1.82) is 0 Å². The zero-order valence-corrected chi connectivity index (χ0v) is 22.0. The number of nitrogens with zero attached hydrogens (tertiary/aromatic N) is 1. The molecule has 0 radical (unpaired) electrons. The fraction of sp³-hybridized carbons (Fsp3) is 0.286. The Labute approximate surface area is 229 Å². The lowest BCUT2D eigenvalue weighted by Crippen LogP contribution is -2.52. The molecule has 1 aromatic heterocycles.